The van der Waals surface area contributed by atoms with E-state index < -0.39 is 9.84 Å². The number of rotatable bonds is 5. The van der Waals surface area contributed by atoms with Crippen molar-refractivity contribution in [3.63, 3.8) is 0 Å². The molecule has 46 heavy (non-hydrogen) atoms. The number of likely N-dealkylation sites (tertiary alicyclic amines) is 1. The number of aromatic nitrogens is 3. The van der Waals surface area contributed by atoms with Crippen molar-refractivity contribution in [3.8, 4) is 23.4 Å². The lowest BCUT2D eigenvalue weighted by molar-refractivity contribution is -0.152. The second kappa shape index (κ2) is 15.1. The average Bonchev–Trinajstić information content (AvgIpc) is 3.68. The highest BCUT2D eigenvalue weighted by Gasteiger charge is 2.33. The van der Waals surface area contributed by atoms with Gasteiger partial charge in [0.1, 0.15) is 11.6 Å². The number of phenolic OH excluding ortho intramolecular Hbond substituents is 1. The SMILES string of the molecule is CCC1CCS(=O)(=O)C1.CCOC(=O)C1CCN(C(=O)C2CCC(C#Cc3nccc(-n4ccc5c(O)cccc54)n3)CC2)CC1.[HH]. The highest BCUT2D eigenvalue weighted by molar-refractivity contribution is 7.91. The first-order chi connectivity index (χ1) is 22.2. The maximum absolute atomic E-state index is 13.0. The molecule has 2 saturated heterocycles. The first-order valence-electron chi connectivity index (χ1n) is 16.5. The summed E-state index contributed by atoms with van der Waals surface area (Å²) in [5.74, 6) is 9.42. The first kappa shape index (κ1) is 33.5. The summed E-state index contributed by atoms with van der Waals surface area (Å²) in [4.78, 5) is 35.9. The largest absolute Gasteiger partial charge is 0.507 e. The summed E-state index contributed by atoms with van der Waals surface area (Å²) in [6, 6.07) is 9.09. The Balaban J connectivity index is 0.000000434. The van der Waals surface area contributed by atoms with Crippen molar-refractivity contribution in [2.75, 3.05) is 31.2 Å². The van der Waals surface area contributed by atoms with E-state index in [0.717, 1.165) is 49.4 Å². The van der Waals surface area contributed by atoms with Crippen molar-refractivity contribution >= 4 is 32.6 Å². The third kappa shape index (κ3) is 8.27. The fraction of sp³-hybridized carbons (Fsp3) is 0.543. The molecule has 3 aromatic rings. The van der Waals surface area contributed by atoms with Crippen LogP contribution >= 0.6 is 0 Å². The van der Waals surface area contributed by atoms with Gasteiger partial charge in [0.15, 0.2) is 9.84 Å². The second-order valence-electron chi connectivity index (χ2n) is 12.5. The van der Waals surface area contributed by atoms with Crippen LogP contribution < -0.4 is 0 Å². The van der Waals surface area contributed by atoms with Gasteiger partial charge in [-0.15, -0.1) is 0 Å². The normalized spacial score (nSPS) is 22.7. The van der Waals surface area contributed by atoms with Gasteiger partial charge in [-0.05, 0) is 88.0 Å². The van der Waals surface area contributed by atoms with E-state index in [0.29, 0.717) is 61.6 Å². The van der Waals surface area contributed by atoms with E-state index in [1.165, 1.54) is 0 Å². The lowest BCUT2D eigenvalue weighted by Gasteiger charge is -2.35. The second-order valence-corrected chi connectivity index (χ2v) is 14.7. The predicted octanol–water partition coefficient (Wildman–Crippen LogP) is 5.16. The number of sulfone groups is 1. The zero-order chi connectivity index (χ0) is 32.7. The van der Waals surface area contributed by atoms with Gasteiger partial charge in [-0.3, -0.25) is 9.59 Å². The third-order valence-corrected chi connectivity index (χ3v) is 11.2. The summed E-state index contributed by atoms with van der Waals surface area (Å²) in [5, 5.41) is 10.8. The fourth-order valence-corrected chi connectivity index (χ4v) is 8.57. The molecule has 1 amide bonds. The zero-order valence-corrected chi connectivity index (χ0v) is 27.5. The van der Waals surface area contributed by atoms with Crippen LogP contribution in [-0.4, -0.2) is 76.0 Å². The molecule has 3 aliphatic rings. The van der Waals surface area contributed by atoms with E-state index in [9.17, 15) is 23.1 Å². The molecule has 1 aliphatic carbocycles. The quantitative estimate of drug-likeness (QED) is 0.296. The lowest BCUT2D eigenvalue weighted by atomic mass is 9.81. The highest BCUT2D eigenvalue weighted by atomic mass is 32.2. The molecule has 3 fully saturated rings. The molecule has 1 unspecified atom stereocenters. The van der Waals surface area contributed by atoms with Crippen molar-refractivity contribution in [2.45, 2.75) is 65.2 Å². The Labute approximate surface area is 273 Å². The molecule has 1 atom stereocenters. The van der Waals surface area contributed by atoms with Gasteiger partial charge in [-0.2, -0.15) is 0 Å². The Bertz CT molecular complexity index is 1700. The molecule has 10 nitrogen and oxygen atoms in total. The van der Waals surface area contributed by atoms with Crippen LogP contribution in [0.1, 0.15) is 72.5 Å². The molecule has 0 radical (unpaired) electrons. The Morgan fingerprint density at radius 2 is 1.78 bits per heavy atom. The van der Waals surface area contributed by atoms with Gasteiger partial charge < -0.3 is 19.3 Å². The van der Waals surface area contributed by atoms with Crippen molar-refractivity contribution in [1.29, 1.82) is 0 Å². The van der Waals surface area contributed by atoms with Gasteiger partial charge in [0.2, 0.25) is 11.7 Å². The molecule has 2 aromatic heterocycles. The molecule has 6 rings (SSSR count). The van der Waals surface area contributed by atoms with Crippen molar-refractivity contribution < 1.29 is 29.3 Å². The number of benzene rings is 1. The van der Waals surface area contributed by atoms with Crippen LogP contribution in [0.15, 0.2) is 42.7 Å². The number of ether oxygens (including phenoxy) is 1. The van der Waals surface area contributed by atoms with E-state index in [2.05, 4.69) is 21.8 Å². The summed E-state index contributed by atoms with van der Waals surface area (Å²) < 4.78 is 28.6. The van der Waals surface area contributed by atoms with Crippen LogP contribution in [0.5, 0.6) is 5.75 Å². The number of fused-ring (bicyclic) bond motifs is 1. The molecule has 0 spiro atoms. The Morgan fingerprint density at radius 3 is 2.43 bits per heavy atom. The number of amides is 1. The van der Waals surface area contributed by atoms with E-state index in [1.807, 2.05) is 53.8 Å². The fourth-order valence-electron chi connectivity index (χ4n) is 6.59. The zero-order valence-electron chi connectivity index (χ0n) is 26.7. The number of nitrogens with zero attached hydrogens (tertiary/aromatic N) is 4. The molecule has 11 heteroatoms. The summed E-state index contributed by atoms with van der Waals surface area (Å²) in [6.45, 7) is 5.53. The van der Waals surface area contributed by atoms with Crippen LogP contribution in [-0.2, 0) is 24.2 Å². The van der Waals surface area contributed by atoms with Gasteiger partial charge in [0, 0.05) is 44.1 Å². The van der Waals surface area contributed by atoms with E-state index >= 15 is 0 Å². The molecule has 1 aromatic carbocycles. The Kier molecular flexibility index (Phi) is 11.0. The molecule has 0 bridgehead atoms. The number of esters is 1. The molecular weight excluding hydrogens is 604 g/mol. The van der Waals surface area contributed by atoms with Crippen LogP contribution in [0.2, 0.25) is 0 Å². The minimum atomic E-state index is -2.61. The van der Waals surface area contributed by atoms with Gasteiger partial charge in [-0.1, -0.05) is 25.3 Å². The van der Waals surface area contributed by atoms with E-state index in [1.54, 1.807) is 12.3 Å². The summed E-state index contributed by atoms with van der Waals surface area (Å²) >= 11 is 0. The van der Waals surface area contributed by atoms with Gasteiger partial charge in [0.05, 0.1) is 29.5 Å². The number of phenols is 1. The average molecular weight is 651 g/mol. The number of hydrogen-bond acceptors (Lipinski definition) is 8. The van der Waals surface area contributed by atoms with Crippen molar-refractivity contribution in [3.05, 3.63) is 48.5 Å². The number of carbonyl (C=O) groups excluding carboxylic acids is 2. The minimum absolute atomic E-state index is 0. The number of hydrogen-bond donors (Lipinski definition) is 1. The minimum Gasteiger partial charge on any atom is -0.507 e. The van der Waals surface area contributed by atoms with Crippen LogP contribution in [0, 0.1) is 35.5 Å². The topological polar surface area (TPSA) is 132 Å². The molecule has 2 aliphatic heterocycles. The molecular formula is C35H46N4O6S. The van der Waals surface area contributed by atoms with E-state index in [-0.39, 0.29) is 36.8 Å². The Morgan fingerprint density at radius 1 is 1.02 bits per heavy atom. The number of carbonyl (C=O) groups is 2. The maximum Gasteiger partial charge on any atom is 0.309 e. The Hall–Kier alpha value is -3.91. The smallest absolute Gasteiger partial charge is 0.309 e. The predicted molar refractivity (Wildman–Crippen MR) is 178 cm³/mol. The van der Waals surface area contributed by atoms with Crippen molar-refractivity contribution in [2.24, 2.45) is 23.7 Å². The summed E-state index contributed by atoms with van der Waals surface area (Å²) in [5.41, 5.74) is 0.866. The summed E-state index contributed by atoms with van der Waals surface area (Å²) in [7, 11) is -2.61. The van der Waals surface area contributed by atoms with Crippen LogP contribution in [0.25, 0.3) is 16.7 Å². The van der Waals surface area contributed by atoms with Gasteiger partial charge in [0.25, 0.3) is 0 Å². The molecule has 1 N–H and O–H groups in total. The molecule has 248 valence electrons. The van der Waals surface area contributed by atoms with E-state index in [4.69, 9.17) is 4.74 Å². The highest BCUT2D eigenvalue weighted by Crippen LogP contribution is 2.31. The third-order valence-electron chi connectivity index (χ3n) is 9.39. The summed E-state index contributed by atoms with van der Waals surface area (Å²) in [6.07, 6.45) is 10.3. The number of aromatic hydroxyl groups is 1. The number of piperidine rings is 1. The lowest BCUT2D eigenvalue weighted by Crippen LogP contribution is -2.44. The van der Waals surface area contributed by atoms with Crippen molar-refractivity contribution in [1.82, 2.24) is 19.4 Å². The standard InChI is InChI=1S/C29H32N4O4.C6H12O2S.H2/c1-2-37-29(36)22-13-17-32(18-14-22)28(35)21-9-6-20(7-10-21)8-11-26-30-16-12-27(31-26)33-19-15-23-24(33)4-3-5-25(23)34;1-2-6-3-4-9(7,8)5-6;/h3-5,12,15-16,19-22,34H,2,6-7,9-10,13-14,17-18H2,1H3;6H,2-5H2,1H3;1H. The van der Waals surface area contributed by atoms with Crippen LogP contribution in [0.4, 0.5) is 0 Å². The van der Waals surface area contributed by atoms with Gasteiger partial charge >= 0.3 is 5.97 Å². The maximum atomic E-state index is 13.0. The van der Waals surface area contributed by atoms with Crippen LogP contribution in [0.3, 0.4) is 0 Å². The monoisotopic (exact) mass is 650 g/mol. The molecule has 1 saturated carbocycles. The molecule has 4 heterocycles. The van der Waals surface area contributed by atoms with Gasteiger partial charge in [-0.25, -0.2) is 18.4 Å². The first-order valence-corrected chi connectivity index (χ1v) is 18.3.